The van der Waals surface area contributed by atoms with Gasteiger partial charge in [0.25, 0.3) is 5.91 Å². The van der Waals surface area contributed by atoms with Crippen molar-refractivity contribution >= 4 is 21.8 Å². The summed E-state index contributed by atoms with van der Waals surface area (Å²) in [5, 5.41) is 10.2. The number of carbonyl (C=O) groups is 1. The maximum atomic E-state index is 13.3. The van der Waals surface area contributed by atoms with Crippen LogP contribution in [-0.4, -0.2) is 16.1 Å². The number of benzene rings is 1. The molecule has 0 saturated heterocycles. The normalized spacial score (nSPS) is 10.1. The van der Waals surface area contributed by atoms with Crippen LogP contribution in [-0.2, 0) is 6.54 Å². The first-order valence-electron chi connectivity index (χ1n) is 5.16. The van der Waals surface area contributed by atoms with E-state index in [1.807, 2.05) is 0 Å². The molecule has 6 heteroatoms. The van der Waals surface area contributed by atoms with Crippen molar-refractivity contribution in [2.75, 3.05) is 0 Å². The second-order valence-electron chi connectivity index (χ2n) is 3.53. The third kappa shape index (κ3) is 3.10. The van der Waals surface area contributed by atoms with Crippen LogP contribution in [0.25, 0.3) is 0 Å². The molecule has 0 unspecified atom stereocenters. The number of amides is 1. The lowest BCUT2D eigenvalue weighted by atomic mass is 10.2. The molecule has 0 saturated carbocycles. The van der Waals surface area contributed by atoms with Gasteiger partial charge in [0.05, 0.1) is 16.7 Å². The summed E-state index contributed by atoms with van der Waals surface area (Å²) in [6, 6.07) is 7.69. The first kappa shape index (κ1) is 12.6. The van der Waals surface area contributed by atoms with Crippen LogP contribution >= 0.6 is 15.9 Å². The molecular formula is C12H9BrFN3O. The van der Waals surface area contributed by atoms with E-state index in [9.17, 15) is 9.18 Å². The zero-order valence-electron chi connectivity index (χ0n) is 9.23. The van der Waals surface area contributed by atoms with Crippen LogP contribution in [0.1, 0.15) is 16.1 Å². The fraction of sp³-hybridized carbons (Fsp3) is 0.0833. The minimum Gasteiger partial charge on any atom is -0.346 e. The van der Waals surface area contributed by atoms with E-state index >= 15 is 0 Å². The Bertz CT molecular complexity index is 563. The smallest absolute Gasteiger partial charge is 0.251 e. The Labute approximate surface area is 111 Å². The van der Waals surface area contributed by atoms with Crippen LogP contribution in [0.15, 0.2) is 41.0 Å². The van der Waals surface area contributed by atoms with Gasteiger partial charge in [-0.1, -0.05) is 0 Å². The maximum Gasteiger partial charge on any atom is 0.251 e. The summed E-state index contributed by atoms with van der Waals surface area (Å²) in [6.45, 7) is 0.254. The van der Waals surface area contributed by atoms with E-state index in [4.69, 9.17) is 0 Å². The minimum atomic E-state index is -0.470. The molecule has 18 heavy (non-hydrogen) atoms. The van der Waals surface area contributed by atoms with Crippen molar-refractivity contribution in [2.24, 2.45) is 0 Å². The summed E-state index contributed by atoms with van der Waals surface area (Å²) >= 11 is 3.03. The number of hydrogen-bond acceptors (Lipinski definition) is 3. The van der Waals surface area contributed by atoms with Gasteiger partial charge in [-0.3, -0.25) is 4.79 Å². The van der Waals surface area contributed by atoms with E-state index in [0.717, 1.165) is 0 Å². The Kier molecular flexibility index (Phi) is 3.99. The summed E-state index contributed by atoms with van der Waals surface area (Å²) < 4.78 is 13.6. The predicted octanol–water partition coefficient (Wildman–Crippen LogP) is 2.31. The number of rotatable bonds is 3. The highest BCUT2D eigenvalue weighted by atomic mass is 79.9. The van der Waals surface area contributed by atoms with Crippen LogP contribution in [0.2, 0.25) is 0 Å². The monoisotopic (exact) mass is 309 g/mol. The zero-order chi connectivity index (χ0) is 13.0. The number of aromatic nitrogens is 2. The molecule has 2 rings (SSSR count). The topological polar surface area (TPSA) is 54.9 Å². The number of carbonyl (C=O) groups excluding carboxylic acids is 1. The largest absolute Gasteiger partial charge is 0.346 e. The van der Waals surface area contributed by atoms with E-state index in [2.05, 4.69) is 31.4 Å². The van der Waals surface area contributed by atoms with E-state index in [1.165, 1.54) is 12.1 Å². The molecule has 0 fully saturated rings. The van der Waals surface area contributed by atoms with E-state index in [-0.39, 0.29) is 18.0 Å². The Morgan fingerprint density at radius 2 is 2.22 bits per heavy atom. The second kappa shape index (κ2) is 5.68. The fourth-order valence-corrected chi connectivity index (χ4v) is 1.58. The number of halogens is 2. The van der Waals surface area contributed by atoms with E-state index < -0.39 is 5.82 Å². The lowest BCUT2D eigenvalue weighted by Crippen LogP contribution is -2.23. The molecular weight excluding hydrogens is 301 g/mol. The van der Waals surface area contributed by atoms with Crippen LogP contribution in [0.5, 0.6) is 0 Å². The first-order valence-corrected chi connectivity index (χ1v) is 5.96. The summed E-state index contributed by atoms with van der Waals surface area (Å²) in [5.74, 6) is -0.825. The minimum absolute atomic E-state index is 0.254. The van der Waals surface area contributed by atoms with Gasteiger partial charge in [-0.05, 0) is 46.3 Å². The van der Waals surface area contributed by atoms with Gasteiger partial charge in [0.15, 0.2) is 0 Å². The van der Waals surface area contributed by atoms with E-state index in [0.29, 0.717) is 10.2 Å². The van der Waals surface area contributed by atoms with Crippen molar-refractivity contribution in [3.63, 3.8) is 0 Å². The van der Waals surface area contributed by atoms with Crippen LogP contribution in [0, 0.1) is 5.82 Å². The van der Waals surface area contributed by atoms with Gasteiger partial charge in [-0.15, -0.1) is 0 Å². The molecule has 1 N–H and O–H groups in total. The lowest BCUT2D eigenvalue weighted by Gasteiger charge is -2.04. The molecule has 92 valence electrons. The maximum absolute atomic E-state index is 13.3. The molecule has 0 aliphatic heterocycles. The Balaban J connectivity index is 2.02. The molecule has 2 aromatic rings. The fourth-order valence-electron chi connectivity index (χ4n) is 1.34. The lowest BCUT2D eigenvalue weighted by molar-refractivity contribution is 0.0950. The highest BCUT2D eigenvalue weighted by Gasteiger charge is 2.08. The summed E-state index contributed by atoms with van der Waals surface area (Å²) in [5.41, 5.74) is 0.906. The first-order chi connectivity index (χ1) is 8.66. The third-order valence-corrected chi connectivity index (χ3v) is 2.88. The second-order valence-corrected chi connectivity index (χ2v) is 4.38. The van der Waals surface area contributed by atoms with Gasteiger partial charge in [-0.25, -0.2) is 4.39 Å². The van der Waals surface area contributed by atoms with Gasteiger partial charge >= 0.3 is 0 Å². The van der Waals surface area contributed by atoms with Crippen molar-refractivity contribution in [1.29, 1.82) is 0 Å². The molecule has 0 radical (unpaired) electrons. The van der Waals surface area contributed by atoms with E-state index in [1.54, 1.807) is 24.4 Å². The highest BCUT2D eigenvalue weighted by molar-refractivity contribution is 9.10. The standard InChI is InChI=1S/C12H9BrFN3O/c13-10-4-3-8(6-11(10)14)12(18)15-7-9-2-1-5-16-17-9/h1-6H,7H2,(H,15,18). The van der Waals surface area contributed by atoms with Crippen molar-refractivity contribution < 1.29 is 9.18 Å². The van der Waals surface area contributed by atoms with Gasteiger partial charge in [-0.2, -0.15) is 10.2 Å². The van der Waals surface area contributed by atoms with Crippen molar-refractivity contribution in [3.05, 3.63) is 58.1 Å². The number of nitrogens with one attached hydrogen (secondary N) is 1. The average Bonchev–Trinajstić information content (AvgIpc) is 2.40. The summed E-state index contributed by atoms with van der Waals surface area (Å²) in [6.07, 6.45) is 1.55. The van der Waals surface area contributed by atoms with Crippen molar-refractivity contribution in [2.45, 2.75) is 6.54 Å². The molecule has 4 nitrogen and oxygen atoms in total. The zero-order valence-corrected chi connectivity index (χ0v) is 10.8. The van der Waals surface area contributed by atoms with Gasteiger partial charge < -0.3 is 5.32 Å². The molecule has 0 spiro atoms. The Morgan fingerprint density at radius 3 is 2.89 bits per heavy atom. The summed E-state index contributed by atoms with van der Waals surface area (Å²) in [4.78, 5) is 11.7. The SMILES string of the molecule is O=C(NCc1cccnn1)c1ccc(Br)c(F)c1. The molecule has 0 aliphatic carbocycles. The molecule has 0 bridgehead atoms. The number of nitrogens with zero attached hydrogens (tertiary/aromatic N) is 2. The van der Waals surface area contributed by atoms with Crippen LogP contribution < -0.4 is 5.32 Å². The van der Waals surface area contributed by atoms with Gasteiger partial charge in [0.1, 0.15) is 5.82 Å². The predicted molar refractivity (Wildman–Crippen MR) is 67.3 cm³/mol. The Hall–Kier alpha value is -1.82. The third-order valence-electron chi connectivity index (χ3n) is 2.24. The van der Waals surface area contributed by atoms with Crippen LogP contribution in [0.3, 0.4) is 0 Å². The molecule has 1 aromatic carbocycles. The molecule has 0 atom stereocenters. The summed E-state index contributed by atoms with van der Waals surface area (Å²) in [7, 11) is 0. The molecule has 0 aliphatic rings. The number of hydrogen-bond donors (Lipinski definition) is 1. The van der Waals surface area contributed by atoms with Gasteiger partial charge in [0.2, 0.25) is 0 Å². The van der Waals surface area contributed by atoms with Crippen molar-refractivity contribution in [3.8, 4) is 0 Å². The quantitative estimate of drug-likeness (QED) is 0.946. The van der Waals surface area contributed by atoms with Crippen LogP contribution in [0.4, 0.5) is 4.39 Å². The molecule has 1 heterocycles. The van der Waals surface area contributed by atoms with Gasteiger partial charge in [0, 0.05) is 11.8 Å². The Morgan fingerprint density at radius 1 is 1.39 bits per heavy atom. The molecule has 1 amide bonds. The molecule has 1 aromatic heterocycles. The van der Waals surface area contributed by atoms with Crippen molar-refractivity contribution in [1.82, 2.24) is 15.5 Å². The highest BCUT2D eigenvalue weighted by Crippen LogP contribution is 2.16. The average molecular weight is 310 g/mol.